The number of carbonyl (C=O) groups is 2. The van der Waals surface area contributed by atoms with Crippen molar-refractivity contribution in [1.82, 2.24) is 0 Å². The third-order valence-corrected chi connectivity index (χ3v) is 4.96. The SMILES string of the molecule is C[C@@H](OC(=O)c1cc(S(C)(=O)=O)ccc1Cl)C(=O)Nc1ccc(C#N)cc1. The summed E-state index contributed by atoms with van der Waals surface area (Å²) in [5.74, 6) is -1.52. The summed E-state index contributed by atoms with van der Waals surface area (Å²) < 4.78 is 28.3. The quantitative estimate of drug-likeness (QED) is 0.764. The number of amides is 1. The minimum atomic E-state index is -3.54. The molecule has 0 radical (unpaired) electrons. The molecule has 1 amide bonds. The molecule has 0 aromatic heterocycles. The molecule has 1 atom stereocenters. The van der Waals surface area contributed by atoms with Crippen LogP contribution in [0.5, 0.6) is 0 Å². The average Bonchev–Trinajstić information content (AvgIpc) is 2.61. The molecule has 140 valence electrons. The Morgan fingerprint density at radius 3 is 2.37 bits per heavy atom. The van der Waals surface area contributed by atoms with Gasteiger partial charge in [0.15, 0.2) is 15.9 Å². The maximum Gasteiger partial charge on any atom is 0.340 e. The Morgan fingerprint density at radius 2 is 1.81 bits per heavy atom. The maximum absolute atomic E-state index is 12.3. The Hall–Kier alpha value is -2.89. The van der Waals surface area contributed by atoms with Gasteiger partial charge in [0.1, 0.15) is 0 Å². The standard InChI is InChI=1S/C18H15ClN2O5S/c1-11(17(22)21-13-5-3-12(10-20)4-6-13)26-18(23)15-9-14(27(2,24)25)7-8-16(15)19/h3-9,11H,1-2H3,(H,21,22)/t11-/m1/s1. The van der Waals surface area contributed by atoms with Crippen LogP contribution >= 0.6 is 11.6 Å². The molecule has 2 rings (SSSR count). The van der Waals surface area contributed by atoms with E-state index in [1.54, 1.807) is 0 Å². The van der Waals surface area contributed by atoms with Crippen LogP contribution in [-0.2, 0) is 19.4 Å². The molecule has 0 spiro atoms. The van der Waals surface area contributed by atoms with Crippen LogP contribution in [0.3, 0.4) is 0 Å². The van der Waals surface area contributed by atoms with Gasteiger partial charge < -0.3 is 10.1 Å². The highest BCUT2D eigenvalue weighted by Crippen LogP contribution is 2.22. The molecule has 0 saturated heterocycles. The van der Waals surface area contributed by atoms with E-state index in [4.69, 9.17) is 21.6 Å². The number of sulfone groups is 1. The van der Waals surface area contributed by atoms with E-state index in [1.807, 2.05) is 6.07 Å². The zero-order valence-electron chi connectivity index (χ0n) is 14.4. The number of ether oxygens (including phenoxy) is 1. The number of hydrogen-bond acceptors (Lipinski definition) is 6. The van der Waals surface area contributed by atoms with E-state index < -0.39 is 27.8 Å². The van der Waals surface area contributed by atoms with E-state index in [0.717, 1.165) is 12.3 Å². The number of esters is 1. The normalized spacial score (nSPS) is 11.9. The Kier molecular flexibility index (Phi) is 6.20. The van der Waals surface area contributed by atoms with Gasteiger partial charge in [-0.2, -0.15) is 5.26 Å². The Bertz CT molecular complexity index is 1030. The molecule has 9 heteroatoms. The molecule has 2 aromatic carbocycles. The number of hydrogen-bond donors (Lipinski definition) is 1. The van der Waals surface area contributed by atoms with Crippen molar-refractivity contribution < 1.29 is 22.7 Å². The minimum absolute atomic E-state index is 0.00657. The van der Waals surface area contributed by atoms with Crippen LogP contribution < -0.4 is 5.32 Å². The predicted octanol–water partition coefficient (Wildman–Crippen LogP) is 2.80. The molecular weight excluding hydrogens is 392 g/mol. The van der Waals surface area contributed by atoms with E-state index in [9.17, 15) is 18.0 Å². The summed E-state index contributed by atoms with van der Waals surface area (Å²) in [7, 11) is -3.54. The number of rotatable bonds is 5. The molecule has 1 N–H and O–H groups in total. The summed E-state index contributed by atoms with van der Waals surface area (Å²) in [5.41, 5.74) is 0.712. The van der Waals surface area contributed by atoms with Crippen molar-refractivity contribution in [2.45, 2.75) is 17.9 Å². The van der Waals surface area contributed by atoms with Gasteiger partial charge in [-0.1, -0.05) is 11.6 Å². The first-order valence-corrected chi connectivity index (χ1v) is 9.90. The number of nitrogens with one attached hydrogen (secondary N) is 1. The fourth-order valence-electron chi connectivity index (χ4n) is 2.04. The fourth-order valence-corrected chi connectivity index (χ4v) is 2.88. The highest BCUT2D eigenvalue weighted by Gasteiger charge is 2.22. The molecule has 0 aliphatic rings. The van der Waals surface area contributed by atoms with Gasteiger partial charge in [-0.3, -0.25) is 4.79 Å². The molecule has 0 bridgehead atoms. The van der Waals surface area contributed by atoms with E-state index in [2.05, 4.69) is 5.32 Å². The van der Waals surface area contributed by atoms with Crippen LogP contribution in [0.25, 0.3) is 0 Å². The van der Waals surface area contributed by atoms with Crippen LogP contribution in [-0.4, -0.2) is 32.7 Å². The molecular formula is C18H15ClN2O5S. The minimum Gasteiger partial charge on any atom is -0.449 e. The zero-order chi connectivity index (χ0) is 20.2. The molecule has 0 aliphatic heterocycles. The van der Waals surface area contributed by atoms with Gasteiger partial charge in [-0.05, 0) is 49.4 Å². The number of nitrogens with zero attached hydrogens (tertiary/aromatic N) is 1. The summed E-state index contributed by atoms with van der Waals surface area (Å²) in [6.45, 7) is 1.37. The van der Waals surface area contributed by atoms with Gasteiger partial charge in [0.25, 0.3) is 5.91 Å². The van der Waals surface area contributed by atoms with Crippen LogP contribution in [0.1, 0.15) is 22.8 Å². The van der Waals surface area contributed by atoms with Gasteiger partial charge in [0, 0.05) is 11.9 Å². The molecule has 7 nitrogen and oxygen atoms in total. The van der Waals surface area contributed by atoms with Gasteiger partial charge in [0.05, 0.1) is 27.1 Å². The number of anilines is 1. The highest BCUT2D eigenvalue weighted by atomic mass is 35.5. The topological polar surface area (TPSA) is 113 Å². The maximum atomic E-state index is 12.3. The van der Waals surface area contributed by atoms with Crippen molar-refractivity contribution in [2.75, 3.05) is 11.6 Å². The summed E-state index contributed by atoms with van der Waals surface area (Å²) in [5, 5.41) is 11.3. The lowest BCUT2D eigenvalue weighted by Crippen LogP contribution is -2.30. The van der Waals surface area contributed by atoms with E-state index in [1.165, 1.54) is 43.3 Å². The number of halogens is 1. The van der Waals surface area contributed by atoms with E-state index >= 15 is 0 Å². The van der Waals surface area contributed by atoms with Gasteiger partial charge in [0.2, 0.25) is 0 Å². The first-order valence-electron chi connectivity index (χ1n) is 7.63. The second kappa shape index (κ2) is 8.20. The predicted molar refractivity (Wildman–Crippen MR) is 99.2 cm³/mol. The van der Waals surface area contributed by atoms with E-state index in [0.29, 0.717) is 11.3 Å². The molecule has 27 heavy (non-hydrogen) atoms. The zero-order valence-corrected chi connectivity index (χ0v) is 16.0. The Balaban J connectivity index is 2.10. The van der Waals surface area contributed by atoms with Crippen LogP contribution in [0.15, 0.2) is 47.4 Å². The van der Waals surface area contributed by atoms with Gasteiger partial charge in [-0.25, -0.2) is 13.2 Å². The first kappa shape index (κ1) is 20.4. The Morgan fingerprint density at radius 1 is 1.19 bits per heavy atom. The lowest BCUT2D eigenvalue weighted by atomic mass is 10.2. The molecule has 0 aliphatic carbocycles. The summed E-state index contributed by atoms with van der Waals surface area (Å²) in [6, 6.07) is 11.7. The summed E-state index contributed by atoms with van der Waals surface area (Å²) in [4.78, 5) is 24.4. The lowest BCUT2D eigenvalue weighted by Gasteiger charge is -2.14. The van der Waals surface area contributed by atoms with Crippen molar-refractivity contribution in [2.24, 2.45) is 0 Å². The number of benzene rings is 2. The van der Waals surface area contributed by atoms with Crippen molar-refractivity contribution in [3.05, 3.63) is 58.6 Å². The molecule has 0 fully saturated rings. The van der Waals surface area contributed by atoms with Crippen molar-refractivity contribution in [1.29, 1.82) is 5.26 Å². The average molecular weight is 407 g/mol. The molecule has 0 heterocycles. The van der Waals surface area contributed by atoms with Crippen LogP contribution in [0.4, 0.5) is 5.69 Å². The highest BCUT2D eigenvalue weighted by molar-refractivity contribution is 7.90. The molecule has 0 unspecified atom stereocenters. The largest absolute Gasteiger partial charge is 0.449 e. The third-order valence-electron chi connectivity index (χ3n) is 3.52. The van der Waals surface area contributed by atoms with Crippen LogP contribution in [0, 0.1) is 11.3 Å². The van der Waals surface area contributed by atoms with Crippen molar-refractivity contribution in [3.63, 3.8) is 0 Å². The van der Waals surface area contributed by atoms with Gasteiger partial charge in [-0.15, -0.1) is 0 Å². The number of carbonyl (C=O) groups excluding carboxylic acids is 2. The monoisotopic (exact) mass is 406 g/mol. The number of nitriles is 1. The molecule has 2 aromatic rings. The first-order chi connectivity index (χ1) is 12.6. The second-order valence-corrected chi connectivity index (χ2v) is 8.06. The van der Waals surface area contributed by atoms with Crippen LogP contribution in [0.2, 0.25) is 5.02 Å². The fraction of sp³-hybridized carbons (Fsp3) is 0.167. The third kappa shape index (κ3) is 5.29. The van der Waals surface area contributed by atoms with E-state index in [-0.39, 0.29) is 15.5 Å². The summed E-state index contributed by atoms with van der Waals surface area (Å²) >= 11 is 5.94. The summed E-state index contributed by atoms with van der Waals surface area (Å²) in [6.07, 6.45) is -0.162. The van der Waals surface area contributed by atoms with Crippen molar-refractivity contribution in [3.8, 4) is 6.07 Å². The second-order valence-electron chi connectivity index (χ2n) is 5.64. The van der Waals surface area contributed by atoms with Gasteiger partial charge >= 0.3 is 5.97 Å². The Labute approximate surface area is 161 Å². The smallest absolute Gasteiger partial charge is 0.340 e. The molecule has 0 saturated carbocycles. The van der Waals surface area contributed by atoms with Crippen molar-refractivity contribution >= 4 is 39.0 Å². The lowest BCUT2D eigenvalue weighted by molar-refractivity contribution is -0.123.